The predicted octanol–water partition coefficient (Wildman–Crippen LogP) is 6.35. The van der Waals surface area contributed by atoms with Crippen molar-refractivity contribution in [3.05, 3.63) is 87.1 Å². The number of rotatable bonds is 4. The summed E-state index contributed by atoms with van der Waals surface area (Å²) in [6, 6.07) is 17.7. The lowest BCUT2D eigenvalue weighted by atomic mass is 10.0. The molecule has 0 unspecified atom stereocenters. The fourth-order valence-corrected chi connectivity index (χ4v) is 2.82. The van der Waals surface area contributed by atoms with Crippen LogP contribution in [0.2, 0.25) is 10.0 Å². The molecule has 0 aliphatic carbocycles. The molecule has 3 nitrogen and oxygen atoms in total. The first-order chi connectivity index (χ1) is 12.5. The van der Waals surface area contributed by atoms with Gasteiger partial charge < -0.3 is 4.42 Å². The first-order valence-electron chi connectivity index (χ1n) is 7.77. The monoisotopic (exact) mass is 381 g/mol. The minimum absolute atomic E-state index is 0.00958. The van der Waals surface area contributed by atoms with E-state index in [1.165, 1.54) is 6.08 Å². The van der Waals surface area contributed by atoms with E-state index in [1.807, 2.05) is 6.07 Å². The second-order valence-corrected chi connectivity index (χ2v) is 6.45. The maximum absolute atomic E-state index is 12.8. The van der Waals surface area contributed by atoms with Crippen molar-refractivity contribution in [1.29, 1.82) is 5.26 Å². The minimum atomic E-state index is -0.408. The number of carbonyl (C=O) groups excluding carboxylic acids is 1. The van der Waals surface area contributed by atoms with Gasteiger partial charge in [0, 0.05) is 15.6 Å². The number of nitriles is 1. The molecule has 128 valence electrons. The van der Waals surface area contributed by atoms with E-state index in [0.717, 1.165) is 5.56 Å². The van der Waals surface area contributed by atoms with Crippen molar-refractivity contribution < 1.29 is 9.21 Å². The van der Waals surface area contributed by atoms with Crippen LogP contribution < -0.4 is 0 Å². The summed E-state index contributed by atoms with van der Waals surface area (Å²) in [6.07, 6.45) is 1.49. The van der Waals surface area contributed by atoms with Gasteiger partial charge in [-0.05, 0) is 55.0 Å². The first kappa shape index (κ1) is 18.0. The lowest BCUT2D eigenvalue weighted by molar-refractivity contribution is 0.103. The second kappa shape index (κ2) is 7.61. The van der Waals surface area contributed by atoms with Crippen molar-refractivity contribution >= 4 is 35.1 Å². The second-order valence-electron chi connectivity index (χ2n) is 5.61. The third-order valence-corrected chi connectivity index (χ3v) is 4.46. The standard InChI is InChI=1S/C21H13Cl2NO2/c1-13-18(11-20(26-13)14-6-8-17(22)9-7-14)21(25)16(12-24)10-15-4-2-3-5-19(15)23/h2-11H,1H3/b16-10+. The molecule has 0 aliphatic rings. The van der Waals surface area contributed by atoms with E-state index >= 15 is 0 Å². The van der Waals surface area contributed by atoms with Crippen LogP contribution in [0.1, 0.15) is 21.7 Å². The van der Waals surface area contributed by atoms with E-state index in [2.05, 4.69) is 0 Å². The molecule has 0 atom stereocenters. The highest BCUT2D eigenvalue weighted by Gasteiger charge is 2.20. The Morgan fingerprint density at radius 2 is 1.81 bits per heavy atom. The molecule has 0 bridgehead atoms. The number of halogens is 2. The minimum Gasteiger partial charge on any atom is -0.461 e. The smallest absolute Gasteiger partial charge is 0.207 e. The number of benzene rings is 2. The quantitative estimate of drug-likeness (QED) is 0.300. The zero-order valence-corrected chi connectivity index (χ0v) is 15.3. The van der Waals surface area contributed by atoms with Crippen LogP contribution in [0.25, 0.3) is 17.4 Å². The Kier molecular flexibility index (Phi) is 5.27. The van der Waals surface area contributed by atoms with E-state index in [-0.39, 0.29) is 5.57 Å². The van der Waals surface area contributed by atoms with Gasteiger partial charge in [-0.1, -0.05) is 41.4 Å². The third kappa shape index (κ3) is 3.72. The molecule has 0 fully saturated rings. The summed E-state index contributed by atoms with van der Waals surface area (Å²) < 4.78 is 5.70. The van der Waals surface area contributed by atoms with Gasteiger partial charge in [0.25, 0.3) is 0 Å². The number of allylic oxidation sites excluding steroid dienone is 1. The summed E-state index contributed by atoms with van der Waals surface area (Å²) in [5.41, 5.74) is 1.74. The van der Waals surface area contributed by atoms with Crippen molar-refractivity contribution in [2.24, 2.45) is 0 Å². The van der Waals surface area contributed by atoms with E-state index in [1.54, 1.807) is 61.5 Å². The fourth-order valence-electron chi connectivity index (χ4n) is 2.51. The van der Waals surface area contributed by atoms with Crippen LogP contribution in [-0.4, -0.2) is 5.78 Å². The predicted molar refractivity (Wildman–Crippen MR) is 103 cm³/mol. The zero-order chi connectivity index (χ0) is 18.7. The summed E-state index contributed by atoms with van der Waals surface area (Å²) in [7, 11) is 0. The molecule has 1 aromatic heterocycles. The van der Waals surface area contributed by atoms with Crippen molar-refractivity contribution in [3.8, 4) is 17.4 Å². The van der Waals surface area contributed by atoms with E-state index < -0.39 is 5.78 Å². The summed E-state index contributed by atoms with van der Waals surface area (Å²) in [4.78, 5) is 12.8. The van der Waals surface area contributed by atoms with Gasteiger partial charge >= 0.3 is 0 Å². The molecule has 26 heavy (non-hydrogen) atoms. The largest absolute Gasteiger partial charge is 0.461 e. The molecular weight excluding hydrogens is 369 g/mol. The van der Waals surface area contributed by atoms with Crippen LogP contribution in [0, 0.1) is 18.3 Å². The molecule has 5 heteroatoms. The Morgan fingerprint density at radius 3 is 2.46 bits per heavy atom. The highest BCUT2D eigenvalue weighted by Crippen LogP contribution is 2.28. The van der Waals surface area contributed by atoms with E-state index in [0.29, 0.717) is 32.7 Å². The molecule has 2 aromatic carbocycles. The molecule has 1 heterocycles. The highest BCUT2D eigenvalue weighted by atomic mass is 35.5. The van der Waals surface area contributed by atoms with Gasteiger partial charge in [0.2, 0.25) is 5.78 Å². The molecule has 0 saturated heterocycles. The number of Topliss-reactive ketones (excluding diaryl/α,β-unsaturated/α-hetero) is 1. The third-order valence-electron chi connectivity index (χ3n) is 3.86. The Balaban J connectivity index is 1.98. The lowest BCUT2D eigenvalue weighted by Gasteiger charge is -2.00. The van der Waals surface area contributed by atoms with E-state index in [4.69, 9.17) is 27.6 Å². The molecule has 3 aromatic rings. The van der Waals surface area contributed by atoms with Gasteiger partial charge in [0.05, 0.1) is 5.56 Å². The maximum atomic E-state index is 12.8. The number of furan rings is 1. The number of hydrogen-bond acceptors (Lipinski definition) is 3. The molecule has 0 saturated carbocycles. The zero-order valence-electron chi connectivity index (χ0n) is 13.8. The van der Waals surface area contributed by atoms with Gasteiger partial charge in [0.15, 0.2) is 0 Å². The van der Waals surface area contributed by atoms with Crippen LogP contribution in [0.15, 0.2) is 64.6 Å². The lowest BCUT2D eigenvalue weighted by Crippen LogP contribution is -2.02. The summed E-state index contributed by atoms with van der Waals surface area (Å²) in [5.74, 6) is 0.576. The number of carbonyl (C=O) groups is 1. The highest BCUT2D eigenvalue weighted by molar-refractivity contribution is 6.32. The van der Waals surface area contributed by atoms with Gasteiger partial charge in [-0.25, -0.2) is 0 Å². The van der Waals surface area contributed by atoms with Crippen molar-refractivity contribution in [1.82, 2.24) is 0 Å². The van der Waals surface area contributed by atoms with E-state index in [9.17, 15) is 10.1 Å². The molecule has 3 rings (SSSR count). The molecule has 0 spiro atoms. The van der Waals surface area contributed by atoms with Crippen LogP contribution in [0.5, 0.6) is 0 Å². The molecule has 0 radical (unpaired) electrons. The van der Waals surface area contributed by atoms with Crippen molar-refractivity contribution in [2.45, 2.75) is 6.92 Å². The Labute approximate surface area is 161 Å². The number of ketones is 1. The maximum Gasteiger partial charge on any atom is 0.207 e. The van der Waals surface area contributed by atoms with Crippen LogP contribution in [0.3, 0.4) is 0 Å². The average Bonchev–Trinajstić information content (AvgIpc) is 3.03. The molecule has 0 aliphatic heterocycles. The number of nitrogens with zero attached hydrogens (tertiary/aromatic N) is 1. The molecule has 0 amide bonds. The Morgan fingerprint density at radius 1 is 1.12 bits per heavy atom. The van der Waals surface area contributed by atoms with Crippen LogP contribution in [-0.2, 0) is 0 Å². The average molecular weight is 382 g/mol. The van der Waals surface area contributed by atoms with Crippen molar-refractivity contribution in [2.75, 3.05) is 0 Å². The number of hydrogen-bond donors (Lipinski definition) is 0. The van der Waals surface area contributed by atoms with Gasteiger partial charge in [-0.2, -0.15) is 5.26 Å². The van der Waals surface area contributed by atoms with Crippen molar-refractivity contribution in [3.63, 3.8) is 0 Å². The summed E-state index contributed by atoms with van der Waals surface area (Å²) in [5, 5.41) is 10.5. The molecular formula is C21H13Cl2NO2. The normalized spacial score (nSPS) is 11.2. The SMILES string of the molecule is Cc1oc(-c2ccc(Cl)cc2)cc1C(=O)/C(C#N)=C/c1ccccc1Cl. The summed E-state index contributed by atoms with van der Waals surface area (Å²) >= 11 is 12.0. The van der Waals surface area contributed by atoms with Crippen LogP contribution >= 0.6 is 23.2 Å². The van der Waals surface area contributed by atoms with Crippen LogP contribution in [0.4, 0.5) is 0 Å². The Bertz CT molecular complexity index is 1040. The summed E-state index contributed by atoms with van der Waals surface area (Å²) in [6.45, 7) is 1.69. The fraction of sp³-hybridized carbons (Fsp3) is 0.0476. The first-order valence-corrected chi connectivity index (χ1v) is 8.52. The number of aryl methyl sites for hydroxylation is 1. The van der Waals surface area contributed by atoms with Gasteiger partial charge in [-0.3, -0.25) is 4.79 Å². The molecule has 0 N–H and O–H groups in total. The Hall–Kier alpha value is -2.80. The van der Waals surface area contributed by atoms with Gasteiger partial charge in [-0.15, -0.1) is 0 Å². The topological polar surface area (TPSA) is 54.0 Å². The van der Waals surface area contributed by atoms with Gasteiger partial charge in [0.1, 0.15) is 23.2 Å².